The average molecular weight is 263 g/mol. The fourth-order valence-corrected chi connectivity index (χ4v) is 2.90. The van der Waals surface area contributed by atoms with Crippen molar-refractivity contribution >= 4 is 0 Å². The summed E-state index contributed by atoms with van der Waals surface area (Å²) in [6, 6.07) is 8.48. The second-order valence-electron chi connectivity index (χ2n) is 5.42. The van der Waals surface area contributed by atoms with E-state index in [1.165, 1.54) is 0 Å². The lowest BCUT2D eigenvalue weighted by Gasteiger charge is -2.53. The third-order valence-electron chi connectivity index (χ3n) is 4.51. The molecule has 2 rings (SSSR count). The number of benzene rings is 1. The summed E-state index contributed by atoms with van der Waals surface area (Å²) in [7, 11) is 2.03. The van der Waals surface area contributed by atoms with E-state index in [1.54, 1.807) is 0 Å². The molecule has 1 saturated carbocycles. The molecule has 3 atom stereocenters. The Labute approximate surface area is 116 Å². The molecule has 19 heavy (non-hydrogen) atoms. The molecule has 1 fully saturated rings. The Morgan fingerprint density at radius 1 is 1.26 bits per heavy atom. The standard InChI is InChI=1S/C16H25NO2/c1-5-16(3)14(17-4)11-15(16)19-13-10-8-7-9-12(13)18-6-2/h7-10,14-15,17H,5-6,11H2,1-4H3. The van der Waals surface area contributed by atoms with Crippen molar-refractivity contribution in [2.75, 3.05) is 13.7 Å². The summed E-state index contributed by atoms with van der Waals surface area (Å²) < 4.78 is 11.8. The summed E-state index contributed by atoms with van der Waals surface area (Å²) in [6.45, 7) is 7.18. The third kappa shape index (κ3) is 2.57. The first-order valence-corrected chi connectivity index (χ1v) is 7.21. The van der Waals surface area contributed by atoms with Gasteiger partial charge in [0.2, 0.25) is 0 Å². The topological polar surface area (TPSA) is 30.5 Å². The minimum atomic E-state index is 0.202. The van der Waals surface area contributed by atoms with Gasteiger partial charge in [0, 0.05) is 17.9 Å². The van der Waals surface area contributed by atoms with Crippen LogP contribution in [0.5, 0.6) is 11.5 Å². The number of ether oxygens (including phenoxy) is 2. The Bertz CT molecular complexity index is 421. The second-order valence-corrected chi connectivity index (χ2v) is 5.42. The van der Waals surface area contributed by atoms with E-state index in [-0.39, 0.29) is 11.5 Å². The summed E-state index contributed by atoms with van der Waals surface area (Å²) in [4.78, 5) is 0. The normalized spacial score (nSPS) is 29.7. The molecule has 1 aliphatic carbocycles. The van der Waals surface area contributed by atoms with Crippen molar-refractivity contribution in [2.24, 2.45) is 5.41 Å². The minimum absolute atomic E-state index is 0.202. The fraction of sp³-hybridized carbons (Fsp3) is 0.625. The number of hydrogen-bond donors (Lipinski definition) is 1. The van der Waals surface area contributed by atoms with Gasteiger partial charge in [0.1, 0.15) is 6.10 Å². The highest BCUT2D eigenvalue weighted by Gasteiger charge is 2.51. The van der Waals surface area contributed by atoms with Crippen LogP contribution in [0.15, 0.2) is 24.3 Å². The van der Waals surface area contributed by atoms with Crippen LogP contribution in [0.2, 0.25) is 0 Å². The van der Waals surface area contributed by atoms with Crippen LogP contribution < -0.4 is 14.8 Å². The summed E-state index contributed by atoms with van der Waals surface area (Å²) in [5.74, 6) is 1.71. The van der Waals surface area contributed by atoms with Crippen LogP contribution in [0, 0.1) is 5.41 Å². The molecule has 106 valence electrons. The molecule has 1 aromatic rings. The van der Waals surface area contributed by atoms with Crippen LogP contribution in [0.1, 0.15) is 33.6 Å². The summed E-state index contributed by atoms with van der Waals surface area (Å²) >= 11 is 0. The first-order valence-electron chi connectivity index (χ1n) is 7.21. The van der Waals surface area contributed by atoms with Gasteiger partial charge < -0.3 is 14.8 Å². The summed E-state index contributed by atoms with van der Waals surface area (Å²) in [5.41, 5.74) is 0.202. The van der Waals surface area contributed by atoms with Crippen LogP contribution in [-0.2, 0) is 0 Å². The van der Waals surface area contributed by atoms with Crippen molar-refractivity contribution in [3.05, 3.63) is 24.3 Å². The molecule has 1 aliphatic rings. The predicted octanol–water partition coefficient (Wildman–Crippen LogP) is 3.24. The lowest BCUT2D eigenvalue weighted by atomic mass is 9.61. The molecule has 0 spiro atoms. The van der Waals surface area contributed by atoms with Crippen molar-refractivity contribution in [1.29, 1.82) is 0 Å². The zero-order valence-corrected chi connectivity index (χ0v) is 12.4. The van der Waals surface area contributed by atoms with E-state index >= 15 is 0 Å². The number of para-hydroxylation sites is 2. The molecule has 3 heteroatoms. The van der Waals surface area contributed by atoms with E-state index in [2.05, 4.69) is 19.2 Å². The minimum Gasteiger partial charge on any atom is -0.490 e. The maximum absolute atomic E-state index is 6.21. The van der Waals surface area contributed by atoms with E-state index < -0.39 is 0 Å². The Hall–Kier alpha value is -1.22. The van der Waals surface area contributed by atoms with Crippen molar-refractivity contribution in [1.82, 2.24) is 5.32 Å². The van der Waals surface area contributed by atoms with E-state index in [0.717, 1.165) is 24.3 Å². The summed E-state index contributed by atoms with van der Waals surface area (Å²) in [6.07, 6.45) is 2.43. The molecule has 0 heterocycles. The van der Waals surface area contributed by atoms with Crippen molar-refractivity contribution in [2.45, 2.75) is 45.8 Å². The van der Waals surface area contributed by atoms with Gasteiger partial charge in [0.15, 0.2) is 11.5 Å². The van der Waals surface area contributed by atoms with Gasteiger partial charge in [-0.3, -0.25) is 0 Å². The van der Waals surface area contributed by atoms with Crippen molar-refractivity contribution in [3.8, 4) is 11.5 Å². The predicted molar refractivity (Wildman–Crippen MR) is 77.9 cm³/mol. The van der Waals surface area contributed by atoms with Gasteiger partial charge in [-0.25, -0.2) is 0 Å². The quantitative estimate of drug-likeness (QED) is 0.854. The Morgan fingerprint density at radius 3 is 2.53 bits per heavy atom. The van der Waals surface area contributed by atoms with E-state index in [1.807, 2.05) is 38.2 Å². The first-order chi connectivity index (χ1) is 9.15. The molecule has 0 radical (unpaired) electrons. The van der Waals surface area contributed by atoms with E-state index in [0.29, 0.717) is 12.6 Å². The molecule has 3 unspecified atom stereocenters. The van der Waals surface area contributed by atoms with Gasteiger partial charge in [-0.1, -0.05) is 26.0 Å². The number of nitrogens with one attached hydrogen (secondary N) is 1. The molecule has 3 nitrogen and oxygen atoms in total. The smallest absolute Gasteiger partial charge is 0.161 e. The maximum atomic E-state index is 6.21. The molecule has 0 aliphatic heterocycles. The van der Waals surface area contributed by atoms with Crippen LogP contribution in [0.3, 0.4) is 0 Å². The van der Waals surface area contributed by atoms with Gasteiger partial charge in [-0.05, 0) is 32.5 Å². The first kappa shape index (κ1) is 14.2. The summed E-state index contributed by atoms with van der Waals surface area (Å²) in [5, 5.41) is 3.39. The molecular formula is C16H25NO2. The number of hydrogen-bond acceptors (Lipinski definition) is 3. The van der Waals surface area contributed by atoms with Crippen LogP contribution in [0.25, 0.3) is 0 Å². The molecule has 0 bridgehead atoms. The highest BCUT2D eigenvalue weighted by atomic mass is 16.5. The van der Waals surface area contributed by atoms with Gasteiger partial charge in [-0.15, -0.1) is 0 Å². The van der Waals surface area contributed by atoms with Gasteiger partial charge >= 0.3 is 0 Å². The second kappa shape index (κ2) is 5.83. The van der Waals surface area contributed by atoms with Gasteiger partial charge in [0.05, 0.1) is 6.61 Å². The molecule has 0 amide bonds. The highest BCUT2D eigenvalue weighted by Crippen LogP contribution is 2.46. The Balaban J connectivity index is 2.10. The number of rotatable bonds is 6. The van der Waals surface area contributed by atoms with Crippen LogP contribution in [0.4, 0.5) is 0 Å². The van der Waals surface area contributed by atoms with Crippen molar-refractivity contribution < 1.29 is 9.47 Å². The lowest BCUT2D eigenvalue weighted by Crippen LogP contribution is -2.62. The SMILES string of the molecule is CCOc1ccccc1OC1CC(NC)C1(C)CC. The van der Waals surface area contributed by atoms with Crippen LogP contribution >= 0.6 is 0 Å². The van der Waals surface area contributed by atoms with Crippen molar-refractivity contribution in [3.63, 3.8) is 0 Å². The molecule has 1 aromatic carbocycles. The molecule has 1 N–H and O–H groups in total. The fourth-order valence-electron chi connectivity index (χ4n) is 2.90. The molecule has 0 saturated heterocycles. The zero-order valence-electron chi connectivity index (χ0n) is 12.4. The molecular weight excluding hydrogens is 238 g/mol. The largest absolute Gasteiger partial charge is 0.490 e. The van der Waals surface area contributed by atoms with Gasteiger partial charge in [0.25, 0.3) is 0 Å². The monoisotopic (exact) mass is 263 g/mol. The Morgan fingerprint density at radius 2 is 1.95 bits per heavy atom. The van der Waals surface area contributed by atoms with Crippen LogP contribution in [-0.4, -0.2) is 25.8 Å². The third-order valence-corrected chi connectivity index (χ3v) is 4.51. The van der Waals surface area contributed by atoms with E-state index in [9.17, 15) is 0 Å². The lowest BCUT2D eigenvalue weighted by molar-refractivity contribution is -0.0687. The zero-order chi connectivity index (χ0) is 13.9. The van der Waals surface area contributed by atoms with Gasteiger partial charge in [-0.2, -0.15) is 0 Å². The molecule has 0 aromatic heterocycles. The maximum Gasteiger partial charge on any atom is 0.161 e. The Kier molecular flexibility index (Phi) is 4.35. The average Bonchev–Trinajstić information content (AvgIpc) is 2.44. The van der Waals surface area contributed by atoms with E-state index in [4.69, 9.17) is 9.47 Å². The highest BCUT2D eigenvalue weighted by molar-refractivity contribution is 5.40.